The van der Waals surface area contributed by atoms with E-state index in [-0.39, 0.29) is 23.8 Å². The van der Waals surface area contributed by atoms with Crippen LogP contribution >= 0.6 is 0 Å². The third-order valence-electron chi connectivity index (χ3n) is 3.52. The van der Waals surface area contributed by atoms with E-state index in [4.69, 9.17) is 0 Å². The van der Waals surface area contributed by atoms with Crippen LogP contribution in [0.15, 0.2) is 24.3 Å². The van der Waals surface area contributed by atoms with E-state index in [0.717, 1.165) is 12.1 Å². The summed E-state index contributed by atoms with van der Waals surface area (Å²) in [7, 11) is 0. The van der Waals surface area contributed by atoms with E-state index in [0.29, 0.717) is 13.0 Å². The van der Waals surface area contributed by atoms with Gasteiger partial charge in [-0.05, 0) is 29.5 Å². The van der Waals surface area contributed by atoms with Gasteiger partial charge in [0, 0.05) is 18.7 Å². The molecule has 0 unspecified atom stereocenters. The average molecular weight is 274 g/mol. The van der Waals surface area contributed by atoms with Crippen molar-refractivity contribution in [2.24, 2.45) is 0 Å². The highest BCUT2D eigenvalue weighted by Gasteiger charge is 2.22. The summed E-state index contributed by atoms with van der Waals surface area (Å²) in [5.41, 5.74) is 2.01. The van der Waals surface area contributed by atoms with Gasteiger partial charge in [-0.25, -0.2) is 0 Å². The predicted octanol–water partition coefficient (Wildman–Crippen LogP) is 2.55. The van der Waals surface area contributed by atoms with Crippen molar-refractivity contribution < 1.29 is 9.59 Å². The Bertz CT molecular complexity index is 517. The van der Waals surface area contributed by atoms with Crippen molar-refractivity contribution in [2.75, 3.05) is 18.4 Å². The van der Waals surface area contributed by atoms with Gasteiger partial charge in [0.2, 0.25) is 11.8 Å². The molecule has 0 bridgehead atoms. The van der Waals surface area contributed by atoms with Crippen molar-refractivity contribution in [2.45, 2.75) is 39.0 Å². The number of benzene rings is 1. The molecule has 1 aromatic rings. The molecule has 0 radical (unpaired) electrons. The lowest BCUT2D eigenvalue weighted by molar-refractivity contribution is -0.131. The van der Waals surface area contributed by atoms with Crippen LogP contribution in [0.2, 0.25) is 0 Å². The zero-order valence-electron chi connectivity index (χ0n) is 12.4. The van der Waals surface area contributed by atoms with E-state index in [1.165, 1.54) is 5.56 Å². The molecule has 108 valence electrons. The number of hydrogen-bond acceptors (Lipinski definition) is 2. The molecule has 0 aliphatic carbocycles. The first-order valence-electron chi connectivity index (χ1n) is 7.04. The summed E-state index contributed by atoms with van der Waals surface area (Å²) in [4.78, 5) is 25.1. The summed E-state index contributed by atoms with van der Waals surface area (Å²) in [5.74, 6) is -0.0603. The fourth-order valence-electron chi connectivity index (χ4n) is 2.31. The third-order valence-corrected chi connectivity index (χ3v) is 3.52. The van der Waals surface area contributed by atoms with Gasteiger partial charge in [0.15, 0.2) is 0 Å². The lowest BCUT2D eigenvalue weighted by atomic mass is 9.87. The Labute approximate surface area is 120 Å². The number of amides is 2. The van der Waals surface area contributed by atoms with Crippen molar-refractivity contribution in [1.29, 1.82) is 0 Å². The Morgan fingerprint density at radius 2 is 2.10 bits per heavy atom. The van der Waals surface area contributed by atoms with Crippen LogP contribution in [-0.2, 0) is 15.0 Å². The number of carbonyl (C=O) groups excluding carboxylic acids is 2. The van der Waals surface area contributed by atoms with E-state index in [1.54, 1.807) is 4.90 Å². The number of rotatable bonds is 3. The third kappa shape index (κ3) is 3.59. The highest BCUT2D eigenvalue weighted by atomic mass is 16.2. The molecule has 1 fully saturated rings. The quantitative estimate of drug-likeness (QED) is 0.921. The molecule has 0 saturated carbocycles. The van der Waals surface area contributed by atoms with E-state index in [9.17, 15) is 9.59 Å². The molecule has 20 heavy (non-hydrogen) atoms. The van der Waals surface area contributed by atoms with Crippen LogP contribution in [0.5, 0.6) is 0 Å². The van der Waals surface area contributed by atoms with E-state index < -0.39 is 0 Å². The van der Waals surface area contributed by atoms with Crippen molar-refractivity contribution >= 4 is 17.5 Å². The maximum Gasteiger partial charge on any atom is 0.243 e. The van der Waals surface area contributed by atoms with Gasteiger partial charge in [-0.2, -0.15) is 0 Å². The van der Waals surface area contributed by atoms with E-state index in [2.05, 4.69) is 32.2 Å². The Morgan fingerprint density at radius 3 is 2.70 bits per heavy atom. The minimum atomic E-state index is -0.133. The zero-order valence-corrected chi connectivity index (χ0v) is 12.4. The molecular formula is C16H22N2O2. The normalized spacial score (nSPS) is 15.6. The average Bonchev–Trinajstić information content (AvgIpc) is 2.74. The number of anilines is 1. The number of likely N-dealkylation sites (tertiary alicyclic amines) is 1. The molecule has 4 heteroatoms. The molecule has 1 saturated heterocycles. The number of nitrogens with zero attached hydrogens (tertiary/aromatic N) is 1. The second-order valence-corrected chi connectivity index (χ2v) is 6.30. The Morgan fingerprint density at radius 1 is 1.35 bits per heavy atom. The maximum absolute atomic E-state index is 12.0. The highest BCUT2D eigenvalue weighted by Crippen LogP contribution is 2.24. The molecule has 2 rings (SSSR count). The number of hydrogen-bond donors (Lipinski definition) is 1. The monoisotopic (exact) mass is 274 g/mol. The summed E-state index contributed by atoms with van der Waals surface area (Å²) in [5, 5.41) is 2.87. The molecule has 0 spiro atoms. The van der Waals surface area contributed by atoms with Gasteiger partial charge in [-0.1, -0.05) is 32.9 Å². The zero-order chi connectivity index (χ0) is 14.8. The summed E-state index contributed by atoms with van der Waals surface area (Å²) in [6.45, 7) is 7.25. The summed E-state index contributed by atoms with van der Waals surface area (Å²) in [6, 6.07) is 7.86. The van der Waals surface area contributed by atoms with Gasteiger partial charge in [0.1, 0.15) is 0 Å². The van der Waals surface area contributed by atoms with Gasteiger partial charge < -0.3 is 10.2 Å². The van der Waals surface area contributed by atoms with Crippen LogP contribution in [0.1, 0.15) is 39.2 Å². The molecule has 1 N–H and O–H groups in total. The summed E-state index contributed by atoms with van der Waals surface area (Å²) < 4.78 is 0. The van der Waals surface area contributed by atoms with Gasteiger partial charge in [-0.3, -0.25) is 9.59 Å². The molecule has 4 nitrogen and oxygen atoms in total. The molecule has 0 aromatic heterocycles. The van der Waals surface area contributed by atoms with Crippen LogP contribution < -0.4 is 5.32 Å². The Hall–Kier alpha value is -1.84. The topological polar surface area (TPSA) is 49.4 Å². The first-order valence-corrected chi connectivity index (χ1v) is 7.04. The number of nitrogens with one attached hydrogen (secondary N) is 1. The van der Waals surface area contributed by atoms with Gasteiger partial charge in [0.05, 0.1) is 6.54 Å². The predicted molar refractivity (Wildman–Crippen MR) is 79.6 cm³/mol. The van der Waals surface area contributed by atoms with E-state index >= 15 is 0 Å². The SMILES string of the molecule is CC(C)(C)c1cccc(NC(=O)CN2CCCC2=O)c1. The van der Waals surface area contributed by atoms with Crippen LogP contribution in [0, 0.1) is 0 Å². The minimum absolute atomic E-state index is 0.0473. The Kier molecular flexibility index (Phi) is 4.12. The van der Waals surface area contributed by atoms with Crippen molar-refractivity contribution in [1.82, 2.24) is 4.90 Å². The maximum atomic E-state index is 12.0. The van der Waals surface area contributed by atoms with Crippen LogP contribution in [0.3, 0.4) is 0 Å². The molecule has 1 heterocycles. The first-order chi connectivity index (χ1) is 9.36. The largest absolute Gasteiger partial charge is 0.333 e. The molecule has 1 aliphatic rings. The molecular weight excluding hydrogens is 252 g/mol. The van der Waals surface area contributed by atoms with E-state index in [1.807, 2.05) is 18.2 Å². The van der Waals surface area contributed by atoms with Gasteiger partial charge in [-0.15, -0.1) is 0 Å². The minimum Gasteiger partial charge on any atom is -0.333 e. The summed E-state index contributed by atoms with van der Waals surface area (Å²) >= 11 is 0. The fraction of sp³-hybridized carbons (Fsp3) is 0.500. The lowest BCUT2D eigenvalue weighted by Crippen LogP contribution is -2.34. The summed E-state index contributed by atoms with van der Waals surface area (Å²) in [6.07, 6.45) is 1.42. The highest BCUT2D eigenvalue weighted by molar-refractivity contribution is 5.94. The smallest absolute Gasteiger partial charge is 0.243 e. The Balaban J connectivity index is 1.99. The molecule has 1 aliphatic heterocycles. The number of carbonyl (C=O) groups is 2. The molecule has 0 atom stereocenters. The lowest BCUT2D eigenvalue weighted by Gasteiger charge is -2.20. The first kappa shape index (κ1) is 14.6. The fourth-order valence-corrected chi connectivity index (χ4v) is 2.31. The van der Waals surface area contributed by atoms with Crippen LogP contribution in [-0.4, -0.2) is 29.8 Å². The van der Waals surface area contributed by atoms with Crippen molar-refractivity contribution in [3.05, 3.63) is 29.8 Å². The molecule has 1 aromatic carbocycles. The standard InChI is InChI=1S/C16H22N2O2/c1-16(2,3)12-6-4-7-13(10-12)17-14(19)11-18-9-5-8-15(18)20/h4,6-7,10H,5,8-9,11H2,1-3H3,(H,17,19). The van der Waals surface area contributed by atoms with Gasteiger partial charge in [0.25, 0.3) is 0 Å². The second kappa shape index (κ2) is 5.65. The van der Waals surface area contributed by atoms with Crippen molar-refractivity contribution in [3.8, 4) is 0 Å². The van der Waals surface area contributed by atoms with Gasteiger partial charge >= 0.3 is 0 Å². The van der Waals surface area contributed by atoms with Crippen LogP contribution in [0.4, 0.5) is 5.69 Å². The molecule has 2 amide bonds. The second-order valence-electron chi connectivity index (χ2n) is 6.30. The van der Waals surface area contributed by atoms with Crippen LogP contribution in [0.25, 0.3) is 0 Å². The van der Waals surface area contributed by atoms with Crippen molar-refractivity contribution in [3.63, 3.8) is 0 Å².